The van der Waals surface area contributed by atoms with Crippen molar-refractivity contribution >= 4 is 5.96 Å². The number of likely N-dealkylation sites (tertiary alicyclic amines) is 1. The van der Waals surface area contributed by atoms with E-state index < -0.39 is 41.4 Å². The third-order valence-corrected chi connectivity index (χ3v) is 6.15. The highest BCUT2D eigenvalue weighted by molar-refractivity contribution is 5.78. The molecule has 0 amide bonds. The molecule has 1 aliphatic rings. The van der Waals surface area contributed by atoms with Gasteiger partial charge in [0, 0.05) is 12.1 Å². The Morgan fingerprint density at radius 2 is 1.82 bits per heavy atom. The number of aromatic nitrogens is 2. The number of aryl methyl sites for hydroxylation is 1. The summed E-state index contributed by atoms with van der Waals surface area (Å²) in [4.78, 5) is 5.44. The Morgan fingerprint density at radius 1 is 1.10 bits per heavy atom. The number of aliphatic hydroxyl groups is 1. The lowest BCUT2D eigenvalue weighted by Crippen LogP contribution is -2.38. The minimum Gasteiger partial charge on any atom is -0.493 e. The van der Waals surface area contributed by atoms with Gasteiger partial charge in [-0.05, 0) is 55.2 Å². The van der Waals surface area contributed by atoms with Crippen LogP contribution in [0.15, 0.2) is 52.1 Å². The monoisotopic (exact) mass is 559 g/mol. The van der Waals surface area contributed by atoms with Crippen LogP contribution in [0, 0.1) is 0 Å². The lowest BCUT2D eigenvalue weighted by molar-refractivity contribution is -0.139. The number of benzene rings is 2. The first kappa shape index (κ1) is 28.0. The summed E-state index contributed by atoms with van der Waals surface area (Å²) in [6.45, 7) is 0.113. The van der Waals surface area contributed by atoms with E-state index in [0.717, 1.165) is 24.3 Å². The number of hydrogen-bond donors (Lipinski definition) is 3. The highest BCUT2D eigenvalue weighted by atomic mass is 19.4. The SMILES string of the molecule is N/C(=N\O)N1CC[C@H](O)[C@H]1c1nc(-c2ccc(OCCCc3ccc(C(F)(F)F)cc3)c(C(F)(F)F)c2)no1. The zero-order chi connectivity index (χ0) is 28.4. The minimum atomic E-state index is -4.78. The van der Waals surface area contributed by atoms with E-state index in [9.17, 15) is 31.4 Å². The summed E-state index contributed by atoms with van der Waals surface area (Å²) in [6.07, 6.45) is -9.41. The van der Waals surface area contributed by atoms with E-state index >= 15 is 0 Å². The predicted octanol–water partition coefficient (Wildman–Crippen LogP) is 4.60. The van der Waals surface area contributed by atoms with Gasteiger partial charge in [-0.15, -0.1) is 0 Å². The van der Waals surface area contributed by atoms with Crippen molar-refractivity contribution in [1.82, 2.24) is 15.0 Å². The topological polar surface area (TPSA) is 130 Å². The van der Waals surface area contributed by atoms with Gasteiger partial charge >= 0.3 is 12.4 Å². The number of nitrogens with two attached hydrogens (primary N) is 1. The molecule has 210 valence electrons. The van der Waals surface area contributed by atoms with E-state index in [0.29, 0.717) is 12.0 Å². The largest absolute Gasteiger partial charge is 0.493 e. The Bertz CT molecular complexity index is 1310. The zero-order valence-corrected chi connectivity index (χ0v) is 20.1. The van der Waals surface area contributed by atoms with E-state index in [4.69, 9.17) is 20.2 Å². The van der Waals surface area contributed by atoms with Gasteiger partial charge < -0.3 is 30.2 Å². The second-order valence-corrected chi connectivity index (χ2v) is 8.76. The number of halogens is 6. The molecule has 1 aromatic heterocycles. The number of rotatable bonds is 7. The standard InChI is InChI=1S/C24H23F6N5O4/c25-23(26,27)15-6-3-13(4-7-15)2-1-11-38-18-8-5-14(12-16(18)24(28,29)30)20-32-21(39-34-20)19-17(36)9-10-35(19)22(31)33-37/h3-8,12,17,19,36-37H,1-2,9-11H2,(H2,31,33)/t17-,19-/m0/s1. The number of oxime groups is 1. The number of nitrogens with zero attached hydrogens (tertiary/aromatic N) is 4. The first-order valence-electron chi connectivity index (χ1n) is 11.6. The van der Waals surface area contributed by atoms with Gasteiger partial charge in [0.1, 0.15) is 11.8 Å². The fourth-order valence-corrected chi connectivity index (χ4v) is 4.20. The van der Waals surface area contributed by atoms with Gasteiger partial charge in [0.15, 0.2) is 0 Å². The van der Waals surface area contributed by atoms with Gasteiger partial charge in [-0.25, -0.2) is 0 Å². The molecule has 0 aliphatic carbocycles. The molecule has 39 heavy (non-hydrogen) atoms. The molecule has 0 saturated carbocycles. The molecule has 3 aromatic rings. The first-order chi connectivity index (χ1) is 18.4. The number of aliphatic hydroxyl groups excluding tert-OH is 1. The van der Waals surface area contributed by atoms with Crippen LogP contribution >= 0.6 is 0 Å². The maximum absolute atomic E-state index is 13.8. The van der Waals surface area contributed by atoms with Crippen molar-refractivity contribution in [3.05, 3.63) is 65.0 Å². The third kappa shape index (κ3) is 6.35. The van der Waals surface area contributed by atoms with Crippen molar-refractivity contribution in [1.29, 1.82) is 0 Å². The second-order valence-electron chi connectivity index (χ2n) is 8.76. The molecule has 4 rings (SSSR count). The molecule has 4 N–H and O–H groups in total. The van der Waals surface area contributed by atoms with E-state index in [1.54, 1.807) is 0 Å². The fourth-order valence-electron chi connectivity index (χ4n) is 4.20. The molecule has 1 aliphatic heterocycles. The van der Waals surface area contributed by atoms with Gasteiger partial charge in [0.05, 0.1) is 23.8 Å². The van der Waals surface area contributed by atoms with Crippen molar-refractivity contribution in [3.63, 3.8) is 0 Å². The molecule has 0 unspecified atom stereocenters. The van der Waals surface area contributed by atoms with Crippen LogP contribution in [0.2, 0.25) is 0 Å². The van der Waals surface area contributed by atoms with Gasteiger partial charge in [-0.2, -0.15) is 31.3 Å². The van der Waals surface area contributed by atoms with Crippen LogP contribution in [0.1, 0.15) is 41.5 Å². The normalized spacial score (nSPS) is 18.5. The van der Waals surface area contributed by atoms with Crippen LogP contribution in [-0.2, 0) is 18.8 Å². The van der Waals surface area contributed by atoms with Crippen LogP contribution < -0.4 is 10.5 Å². The maximum Gasteiger partial charge on any atom is 0.419 e. The predicted molar refractivity (Wildman–Crippen MR) is 123 cm³/mol. The van der Waals surface area contributed by atoms with Crippen LogP contribution in [0.4, 0.5) is 26.3 Å². The van der Waals surface area contributed by atoms with E-state index in [-0.39, 0.29) is 49.2 Å². The van der Waals surface area contributed by atoms with Crippen LogP contribution in [0.25, 0.3) is 11.4 Å². The highest BCUT2D eigenvalue weighted by Gasteiger charge is 2.40. The van der Waals surface area contributed by atoms with Crippen molar-refractivity contribution < 1.29 is 45.9 Å². The Balaban J connectivity index is 1.46. The summed E-state index contributed by atoms with van der Waals surface area (Å²) < 4.78 is 90.0. The molecular formula is C24H23F6N5O4. The average molecular weight is 559 g/mol. The molecule has 1 saturated heterocycles. The molecule has 0 radical (unpaired) electrons. The highest BCUT2D eigenvalue weighted by Crippen LogP contribution is 2.39. The maximum atomic E-state index is 13.8. The Labute approximate surface area is 217 Å². The molecule has 0 spiro atoms. The number of hydrogen-bond acceptors (Lipinski definition) is 7. The molecule has 2 atom stereocenters. The Morgan fingerprint density at radius 3 is 2.46 bits per heavy atom. The van der Waals surface area contributed by atoms with Crippen LogP contribution in [0.5, 0.6) is 5.75 Å². The van der Waals surface area contributed by atoms with E-state index in [1.807, 2.05) is 0 Å². The quantitative estimate of drug-likeness (QED) is 0.0957. The zero-order valence-electron chi connectivity index (χ0n) is 20.1. The van der Waals surface area contributed by atoms with Crippen molar-refractivity contribution in [2.45, 2.75) is 43.8 Å². The molecule has 0 bridgehead atoms. The lowest BCUT2D eigenvalue weighted by atomic mass is 10.1. The minimum absolute atomic E-state index is 0.0303. The van der Waals surface area contributed by atoms with Crippen LogP contribution in [0.3, 0.4) is 0 Å². The molecule has 9 nitrogen and oxygen atoms in total. The van der Waals surface area contributed by atoms with Gasteiger partial charge in [-0.1, -0.05) is 22.4 Å². The Hall–Kier alpha value is -4.01. The van der Waals surface area contributed by atoms with E-state index in [2.05, 4.69) is 15.3 Å². The number of ether oxygens (including phenoxy) is 1. The summed E-state index contributed by atoms with van der Waals surface area (Å²) in [5, 5.41) is 25.8. The summed E-state index contributed by atoms with van der Waals surface area (Å²) in [5.41, 5.74) is 4.31. The van der Waals surface area contributed by atoms with Gasteiger partial charge in [0.2, 0.25) is 11.8 Å². The van der Waals surface area contributed by atoms with Crippen molar-refractivity contribution in [2.24, 2.45) is 10.9 Å². The average Bonchev–Trinajstić information content (AvgIpc) is 3.52. The molecule has 1 fully saturated rings. The van der Waals surface area contributed by atoms with Gasteiger partial charge in [0.25, 0.3) is 5.89 Å². The van der Waals surface area contributed by atoms with Crippen molar-refractivity contribution in [2.75, 3.05) is 13.2 Å². The molecule has 15 heteroatoms. The van der Waals surface area contributed by atoms with Gasteiger partial charge in [-0.3, -0.25) is 0 Å². The van der Waals surface area contributed by atoms with E-state index in [1.165, 1.54) is 23.1 Å². The number of guanidine groups is 1. The molecular weight excluding hydrogens is 536 g/mol. The third-order valence-electron chi connectivity index (χ3n) is 6.15. The summed E-state index contributed by atoms with van der Waals surface area (Å²) in [6, 6.07) is 6.78. The smallest absolute Gasteiger partial charge is 0.419 e. The lowest BCUT2D eigenvalue weighted by Gasteiger charge is -2.22. The first-order valence-corrected chi connectivity index (χ1v) is 11.6. The summed E-state index contributed by atoms with van der Waals surface area (Å²) >= 11 is 0. The molecule has 2 aromatic carbocycles. The van der Waals surface area contributed by atoms with Crippen molar-refractivity contribution in [3.8, 4) is 17.1 Å². The Kier molecular flexibility index (Phi) is 7.90. The fraction of sp³-hybridized carbons (Fsp3) is 0.375. The molecule has 2 heterocycles. The number of alkyl halides is 6. The van der Waals surface area contributed by atoms with Crippen LogP contribution in [-0.4, -0.2) is 50.6 Å². The summed E-state index contributed by atoms with van der Waals surface area (Å²) in [5.74, 6) is -1.04. The second kappa shape index (κ2) is 11.0. The summed E-state index contributed by atoms with van der Waals surface area (Å²) in [7, 11) is 0.